The third-order valence-corrected chi connectivity index (χ3v) is 2.43. The van der Waals surface area contributed by atoms with E-state index in [4.69, 9.17) is 5.11 Å². The number of rotatable bonds is 6. The lowest BCUT2D eigenvalue weighted by molar-refractivity contribution is -0.136. The summed E-state index contributed by atoms with van der Waals surface area (Å²) in [4.78, 5) is 33.5. The van der Waals surface area contributed by atoms with Crippen LogP contribution in [-0.2, 0) is 9.53 Å². The predicted molar refractivity (Wildman–Crippen MR) is 71.6 cm³/mol. The van der Waals surface area contributed by atoms with E-state index in [2.05, 4.69) is 15.4 Å². The number of carbonyl (C=O) groups excluding carboxylic acids is 2. The Bertz CT molecular complexity index is 592. The Morgan fingerprint density at radius 1 is 1.23 bits per heavy atom. The maximum Gasteiger partial charge on any atom is 0.340 e. The lowest BCUT2D eigenvalue weighted by Crippen LogP contribution is -2.31. The van der Waals surface area contributed by atoms with E-state index >= 15 is 0 Å². The van der Waals surface area contributed by atoms with Crippen LogP contribution < -0.4 is 10.6 Å². The van der Waals surface area contributed by atoms with E-state index in [-0.39, 0.29) is 30.8 Å². The van der Waals surface area contributed by atoms with Crippen molar-refractivity contribution in [2.24, 2.45) is 0 Å². The van der Waals surface area contributed by atoms with Crippen molar-refractivity contribution in [3.63, 3.8) is 0 Å². The van der Waals surface area contributed by atoms with Crippen LogP contribution in [0.3, 0.4) is 0 Å². The monoisotopic (exact) mass is 316 g/mol. The maximum absolute atomic E-state index is 13.2. The zero-order valence-electron chi connectivity index (χ0n) is 11.6. The van der Waals surface area contributed by atoms with Gasteiger partial charge in [0, 0.05) is 12.6 Å². The van der Waals surface area contributed by atoms with E-state index in [1.165, 1.54) is 6.92 Å². The molecule has 0 unspecified atom stereocenters. The second-order valence-corrected chi connectivity index (χ2v) is 4.06. The number of amides is 2. The fraction of sp³-hybridized carbons (Fsp3) is 0.308. The number of carbonyl (C=O) groups is 3. The Hall–Kier alpha value is -2.71. The Morgan fingerprint density at radius 3 is 2.45 bits per heavy atom. The minimum atomic E-state index is -1.26. The number of hydrogen-bond acceptors (Lipinski definition) is 4. The van der Waals surface area contributed by atoms with Crippen molar-refractivity contribution in [1.82, 2.24) is 5.32 Å². The summed E-state index contributed by atoms with van der Waals surface area (Å²) in [6.07, 6.45) is -0.310. The van der Waals surface area contributed by atoms with Gasteiger partial charge >= 0.3 is 18.0 Å². The number of benzene rings is 1. The van der Waals surface area contributed by atoms with Crippen molar-refractivity contribution < 1.29 is 33.0 Å². The molecular weight excluding hydrogens is 302 g/mol. The summed E-state index contributed by atoms with van der Waals surface area (Å²) in [7, 11) is 0. The van der Waals surface area contributed by atoms with E-state index in [0.717, 1.165) is 0 Å². The molecular formula is C13H14F2N2O5. The number of urea groups is 1. The first-order valence-corrected chi connectivity index (χ1v) is 6.28. The van der Waals surface area contributed by atoms with E-state index < -0.39 is 29.6 Å². The highest BCUT2D eigenvalue weighted by molar-refractivity contribution is 6.00. The Balaban J connectivity index is 2.87. The summed E-state index contributed by atoms with van der Waals surface area (Å²) in [6, 6.07) is 0.385. The number of aliphatic carboxylic acids is 1. The molecule has 3 N–H and O–H groups in total. The molecule has 0 fully saturated rings. The van der Waals surface area contributed by atoms with Gasteiger partial charge in [0.1, 0.15) is 0 Å². The molecule has 7 nitrogen and oxygen atoms in total. The van der Waals surface area contributed by atoms with Crippen LogP contribution in [0.15, 0.2) is 12.1 Å². The molecule has 0 heterocycles. The number of nitrogens with one attached hydrogen (secondary N) is 2. The van der Waals surface area contributed by atoms with Crippen LogP contribution in [0.25, 0.3) is 0 Å². The SMILES string of the molecule is CCOC(=O)c1cc(F)c(F)cc1NC(=O)NCCC(=O)O. The molecule has 2 amide bonds. The molecule has 1 aromatic rings. The average molecular weight is 316 g/mol. The maximum atomic E-state index is 13.2. The van der Waals surface area contributed by atoms with E-state index in [9.17, 15) is 23.2 Å². The Kier molecular flexibility index (Phi) is 6.24. The first-order valence-electron chi connectivity index (χ1n) is 6.28. The van der Waals surface area contributed by atoms with Gasteiger partial charge in [0.05, 0.1) is 24.3 Å². The Morgan fingerprint density at radius 2 is 1.86 bits per heavy atom. The fourth-order valence-electron chi connectivity index (χ4n) is 1.48. The highest BCUT2D eigenvalue weighted by Crippen LogP contribution is 2.21. The fourth-order valence-corrected chi connectivity index (χ4v) is 1.48. The lowest BCUT2D eigenvalue weighted by Gasteiger charge is -2.11. The second-order valence-electron chi connectivity index (χ2n) is 4.06. The first kappa shape index (κ1) is 17.3. The summed E-state index contributed by atoms with van der Waals surface area (Å²) in [5.74, 6) is -4.56. The van der Waals surface area contributed by atoms with E-state index in [0.29, 0.717) is 12.1 Å². The van der Waals surface area contributed by atoms with Gasteiger partial charge in [0.2, 0.25) is 0 Å². The third kappa shape index (κ3) is 5.00. The summed E-state index contributed by atoms with van der Waals surface area (Å²) in [5, 5.41) is 12.8. The smallest absolute Gasteiger partial charge is 0.340 e. The van der Waals surface area contributed by atoms with Crippen LogP contribution >= 0.6 is 0 Å². The Labute approximate surface area is 124 Å². The molecule has 22 heavy (non-hydrogen) atoms. The van der Waals surface area contributed by atoms with Gasteiger partial charge < -0.3 is 20.5 Å². The molecule has 0 radical (unpaired) electrons. The standard InChI is InChI=1S/C13H14F2N2O5/c1-2-22-12(20)7-5-8(14)9(15)6-10(7)17-13(21)16-4-3-11(18)19/h5-6H,2-4H2,1H3,(H,18,19)(H2,16,17,21). The largest absolute Gasteiger partial charge is 0.481 e. The summed E-state index contributed by atoms with van der Waals surface area (Å²) >= 11 is 0. The molecule has 1 rings (SSSR count). The van der Waals surface area contributed by atoms with Crippen molar-refractivity contribution in [2.45, 2.75) is 13.3 Å². The summed E-state index contributed by atoms with van der Waals surface area (Å²) in [5.41, 5.74) is -0.640. The van der Waals surface area contributed by atoms with E-state index in [1.54, 1.807) is 0 Å². The van der Waals surface area contributed by atoms with Crippen LogP contribution in [0.5, 0.6) is 0 Å². The van der Waals surface area contributed by atoms with Gasteiger partial charge in [-0.3, -0.25) is 4.79 Å². The van der Waals surface area contributed by atoms with E-state index in [1.807, 2.05) is 0 Å². The molecule has 0 atom stereocenters. The molecule has 0 spiro atoms. The van der Waals surface area contributed by atoms with Gasteiger partial charge in [-0.15, -0.1) is 0 Å². The molecule has 0 aliphatic carbocycles. The topological polar surface area (TPSA) is 105 Å². The zero-order chi connectivity index (χ0) is 16.7. The molecule has 0 saturated carbocycles. The van der Waals surface area contributed by atoms with Crippen molar-refractivity contribution in [3.8, 4) is 0 Å². The number of ether oxygens (including phenoxy) is 1. The lowest BCUT2D eigenvalue weighted by atomic mass is 10.1. The molecule has 9 heteroatoms. The molecule has 0 aliphatic rings. The zero-order valence-corrected chi connectivity index (χ0v) is 11.6. The molecule has 120 valence electrons. The van der Waals surface area contributed by atoms with Gasteiger partial charge in [-0.05, 0) is 13.0 Å². The average Bonchev–Trinajstić information content (AvgIpc) is 2.42. The van der Waals surface area contributed by atoms with Crippen LogP contribution in [-0.4, -0.2) is 36.2 Å². The molecule has 1 aromatic carbocycles. The first-order chi connectivity index (χ1) is 10.3. The number of carboxylic acid groups (broad SMARTS) is 1. The van der Waals surface area contributed by atoms with Crippen molar-refractivity contribution in [3.05, 3.63) is 29.3 Å². The number of halogens is 2. The van der Waals surface area contributed by atoms with Gasteiger partial charge in [0.25, 0.3) is 0 Å². The number of hydrogen-bond donors (Lipinski definition) is 3. The van der Waals surface area contributed by atoms with Crippen LogP contribution in [0.1, 0.15) is 23.7 Å². The quantitative estimate of drug-likeness (QED) is 0.693. The molecule has 0 saturated heterocycles. The summed E-state index contributed by atoms with van der Waals surface area (Å²) < 4.78 is 31.1. The number of esters is 1. The number of anilines is 1. The molecule has 0 aliphatic heterocycles. The minimum absolute atomic E-state index is 0.0159. The minimum Gasteiger partial charge on any atom is -0.481 e. The highest BCUT2D eigenvalue weighted by Gasteiger charge is 2.18. The van der Waals surface area contributed by atoms with Gasteiger partial charge in [0.15, 0.2) is 11.6 Å². The van der Waals surface area contributed by atoms with Crippen molar-refractivity contribution in [1.29, 1.82) is 0 Å². The van der Waals surface area contributed by atoms with Crippen molar-refractivity contribution >= 4 is 23.7 Å². The highest BCUT2D eigenvalue weighted by atomic mass is 19.2. The van der Waals surface area contributed by atoms with Crippen molar-refractivity contribution in [2.75, 3.05) is 18.5 Å². The van der Waals surface area contributed by atoms with Crippen LogP contribution in [0.4, 0.5) is 19.3 Å². The molecule has 0 aromatic heterocycles. The summed E-state index contributed by atoms with van der Waals surface area (Å²) in [6.45, 7) is 1.38. The predicted octanol–water partition coefficient (Wildman–Crippen LogP) is 1.74. The van der Waals surface area contributed by atoms with Gasteiger partial charge in [-0.2, -0.15) is 0 Å². The number of carboxylic acids is 1. The molecule has 0 bridgehead atoms. The van der Waals surface area contributed by atoms with Gasteiger partial charge in [-0.25, -0.2) is 18.4 Å². The van der Waals surface area contributed by atoms with Crippen LogP contribution in [0.2, 0.25) is 0 Å². The van der Waals surface area contributed by atoms with Crippen LogP contribution in [0, 0.1) is 11.6 Å². The second kappa shape index (κ2) is 7.91. The van der Waals surface area contributed by atoms with Gasteiger partial charge in [-0.1, -0.05) is 0 Å². The third-order valence-electron chi connectivity index (χ3n) is 2.43. The normalized spacial score (nSPS) is 9.95.